The minimum Gasteiger partial charge on any atom is -0.497 e. The van der Waals surface area contributed by atoms with Gasteiger partial charge in [0.25, 0.3) is 0 Å². The second kappa shape index (κ2) is 5.97. The van der Waals surface area contributed by atoms with Gasteiger partial charge in [-0.3, -0.25) is 4.79 Å². The Morgan fingerprint density at radius 1 is 1.26 bits per heavy atom. The number of ether oxygens (including phenoxy) is 1. The second-order valence-electron chi connectivity index (χ2n) is 4.42. The number of rotatable bonds is 5. The number of ketones is 1. The first-order valence-corrected chi connectivity index (χ1v) is 7.02. The van der Waals surface area contributed by atoms with E-state index in [-0.39, 0.29) is 5.78 Å². The monoisotopic (exact) mass is 275 g/mol. The van der Waals surface area contributed by atoms with Crippen LogP contribution in [-0.2, 0) is 6.42 Å². The van der Waals surface area contributed by atoms with E-state index in [0.29, 0.717) is 6.42 Å². The molecule has 1 heterocycles. The first-order valence-electron chi connectivity index (χ1n) is 6.20. The standard InChI is InChI=1S/C15H17NO2S/c1-10-15(19-11(2)16-10)14(17)9-6-12-4-7-13(18-3)8-5-12/h4-5,7-8H,6,9H2,1-3H3. The molecule has 0 spiro atoms. The van der Waals surface area contributed by atoms with Crippen LogP contribution in [0.15, 0.2) is 24.3 Å². The summed E-state index contributed by atoms with van der Waals surface area (Å²) in [5.41, 5.74) is 2.00. The largest absolute Gasteiger partial charge is 0.497 e. The van der Waals surface area contributed by atoms with Crippen LogP contribution in [0.25, 0.3) is 0 Å². The van der Waals surface area contributed by atoms with Gasteiger partial charge in [0.05, 0.1) is 22.7 Å². The topological polar surface area (TPSA) is 39.2 Å². The van der Waals surface area contributed by atoms with Crippen molar-refractivity contribution in [2.75, 3.05) is 7.11 Å². The van der Waals surface area contributed by atoms with Crippen LogP contribution >= 0.6 is 11.3 Å². The number of nitrogens with zero attached hydrogens (tertiary/aromatic N) is 1. The molecule has 0 atom stereocenters. The Kier molecular flexibility index (Phi) is 4.32. The van der Waals surface area contributed by atoms with E-state index >= 15 is 0 Å². The van der Waals surface area contributed by atoms with Crippen molar-refractivity contribution in [3.8, 4) is 5.75 Å². The first-order chi connectivity index (χ1) is 9.10. The zero-order valence-corrected chi connectivity index (χ0v) is 12.2. The van der Waals surface area contributed by atoms with Crippen molar-refractivity contribution < 1.29 is 9.53 Å². The number of thiazole rings is 1. The van der Waals surface area contributed by atoms with Crippen molar-refractivity contribution in [2.45, 2.75) is 26.7 Å². The highest BCUT2D eigenvalue weighted by molar-refractivity contribution is 7.13. The summed E-state index contributed by atoms with van der Waals surface area (Å²) in [6.07, 6.45) is 1.27. The minimum absolute atomic E-state index is 0.180. The molecule has 0 aliphatic rings. The van der Waals surface area contributed by atoms with E-state index in [1.54, 1.807) is 7.11 Å². The third-order valence-corrected chi connectivity index (χ3v) is 4.07. The van der Waals surface area contributed by atoms with Crippen LogP contribution in [0, 0.1) is 13.8 Å². The van der Waals surface area contributed by atoms with Crippen LogP contribution < -0.4 is 4.74 Å². The maximum atomic E-state index is 12.1. The fourth-order valence-corrected chi connectivity index (χ4v) is 2.84. The molecule has 2 rings (SSSR count). The maximum Gasteiger partial charge on any atom is 0.175 e. The quantitative estimate of drug-likeness (QED) is 0.783. The molecule has 0 amide bonds. The van der Waals surface area contributed by atoms with Crippen molar-refractivity contribution >= 4 is 17.1 Å². The highest BCUT2D eigenvalue weighted by Crippen LogP contribution is 2.20. The fraction of sp³-hybridized carbons (Fsp3) is 0.333. The zero-order valence-electron chi connectivity index (χ0n) is 11.4. The molecule has 0 saturated carbocycles. The van der Waals surface area contributed by atoms with E-state index < -0.39 is 0 Å². The van der Waals surface area contributed by atoms with Gasteiger partial charge in [0.15, 0.2) is 5.78 Å². The van der Waals surface area contributed by atoms with Gasteiger partial charge in [0, 0.05) is 6.42 Å². The number of aromatic nitrogens is 1. The van der Waals surface area contributed by atoms with Gasteiger partial charge in [-0.1, -0.05) is 12.1 Å². The molecule has 0 aliphatic carbocycles. The molecule has 100 valence electrons. The molecule has 0 saturated heterocycles. The SMILES string of the molecule is COc1ccc(CCC(=O)c2sc(C)nc2C)cc1. The summed E-state index contributed by atoms with van der Waals surface area (Å²) >= 11 is 1.48. The predicted molar refractivity (Wildman–Crippen MR) is 77.2 cm³/mol. The van der Waals surface area contributed by atoms with Crippen LogP contribution in [-0.4, -0.2) is 17.9 Å². The maximum absolute atomic E-state index is 12.1. The summed E-state index contributed by atoms with van der Waals surface area (Å²) in [6, 6.07) is 7.83. The molecule has 0 fully saturated rings. The van der Waals surface area contributed by atoms with Gasteiger partial charge < -0.3 is 4.74 Å². The van der Waals surface area contributed by atoms with Crippen molar-refractivity contribution in [3.63, 3.8) is 0 Å². The van der Waals surface area contributed by atoms with Gasteiger partial charge in [0.1, 0.15) is 5.75 Å². The summed E-state index contributed by atoms with van der Waals surface area (Å²) in [4.78, 5) is 17.2. The number of aryl methyl sites for hydroxylation is 3. The molecule has 0 unspecified atom stereocenters. The third kappa shape index (κ3) is 3.41. The van der Waals surface area contributed by atoms with Gasteiger partial charge in [-0.2, -0.15) is 0 Å². The van der Waals surface area contributed by atoms with E-state index in [4.69, 9.17) is 4.74 Å². The van der Waals surface area contributed by atoms with Crippen LogP contribution in [0.4, 0.5) is 0 Å². The predicted octanol–water partition coefficient (Wildman–Crippen LogP) is 3.58. The summed E-state index contributed by atoms with van der Waals surface area (Å²) in [6.45, 7) is 3.82. The van der Waals surface area contributed by atoms with Crippen molar-refractivity contribution in [2.24, 2.45) is 0 Å². The average Bonchev–Trinajstić information content (AvgIpc) is 2.75. The Hall–Kier alpha value is -1.68. The van der Waals surface area contributed by atoms with E-state index in [0.717, 1.165) is 33.3 Å². The normalized spacial score (nSPS) is 10.5. The zero-order chi connectivity index (χ0) is 13.8. The Bertz CT molecular complexity index is 572. The van der Waals surface area contributed by atoms with Crippen LogP contribution in [0.2, 0.25) is 0 Å². The second-order valence-corrected chi connectivity index (χ2v) is 5.62. The Morgan fingerprint density at radius 3 is 2.47 bits per heavy atom. The van der Waals surface area contributed by atoms with Crippen LogP contribution in [0.5, 0.6) is 5.75 Å². The summed E-state index contributed by atoms with van der Waals surface area (Å²) in [7, 11) is 1.65. The lowest BCUT2D eigenvalue weighted by Gasteiger charge is -2.03. The molecule has 4 heteroatoms. The number of carbonyl (C=O) groups excluding carboxylic acids is 1. The lowest BCUT2D eigenvalue weighted by molar-refractivity contribution is 0.0986. The molecule has 3 nitrogen and oxygen atoms in total. The lowest BCUT2D eigenvalue weighted by atomic mass is 10.1. The van der Waals surface area contributed by atoms with Gasteiger partial charge in [-0.25, -0.2) is 4.98 Å². The molecule has 1 aromatic heterocycles. The molecule has 1 aromatic carbocycles. The van der Waals surface area contributed by atoms with Crippen LogP contribution in [0.3, 0.4) is 0 Å². The lowest BCUT2D eigenvalue weighted by Crippen LogP contribution is -2.00. The number of hydrogen-bond donors (Lipinski definition) is 0. The number of hydrogen-bond acceptors (Lipinski definition) is 4. The molecule has 0 radical (unpaired) electrons. The first kappa shape index (κ1) is 13.7. The van der Waals surface area contributed by atoms with Crippen molar-refractivity contribution in [1.29, 1.82) is 0 Å². The third-order valence-electron chi connectivity index (χ3n) is 2.96. The highest BCUT2D eigenvalue weighted by atomic mass is 32.1. The van der Waals surface area contributed by atoms with Gasteiger partial charge in [-0.15, -0.1) is 11.3 Å². The summed E-state index contributed by atoms with van der Waals surface area (Å²) in [5, 5.41) is 0.949. The van der Waals surface area contributed by atoms with Gasteiger partial charge in [0.2, 0.25) is 0 Å². The molecule has 19 heavy (non-hydrogen) atoms. The molecular weight excluding hydrogens is 258 g/mol. The summed E-state index contributed by atoms with van der Waals surface area (Å²) < 4.78 is 5.11. The molecule has 0 aliphatic heterocycles. The number of benzene rings is 1. The van der Waals surface area contributed by atoms with Crippen molar-refractivity contribution in [3.05, 3.63) is 45.4 Å². The smallest absolute Gasteiger partial charge is 0.175 e. The average molecular weight is 275 g/mol. The molecule has 2 aromatic rings. The molecule has 0 bridgehead atoms. The molecule has 0 N–H and O–H groups in total. The number of Topliss-reactive ketones (excluding diaryl/α,β-unsaturated/α-hetero) is 1. The minimum atomic E-state index is 0.180. The number of carbonyl (C=O) groups is 1. The van der Waals surface area contributed by atoms with E-state index in [2.05, 4.69) is 4.98 Å². The van der Waals surface area contributed by atoms with E-state index in [9.17, 15) is 4.79 Å². The van der Waals surface area contributed by atoms with Gasteiger partial charge >= 0.3 is 0 Å². The van der Waals surface area contributed by atoms with E-state index in [1.807, 2.05) is 38.1 Å². The number of methoxy groups -OCH3 is 1. The molecular formula is C15H17NO2S. The summed E-state index contributed by atoms with van der Waals surface area (Å²) in [5.74, 6) is 1.02. The Labute approximate surface area is 117 Å². The Balaban J connectivity index is 1.98. The van der Waals surface area contributed by atoms with E-state index in [1.165, 1.54) is 11.3 Å². The van der Waals surface area contributed by atoms with Crippen molar-refractivity contribution in [1.82, 2.24) is 4.98 Å². The fourth-order valence-electron chi connectivity index (χ4n) is 1.95. The highest BCUT2D eigenvalue weighted by Gasteiger charge is 2.13. The Morgan fingerprint density at radius 2 is 1.95 bits per heavy atom. The van der Waals surface area contributed by atoms with Gasteiger partial charge in [-0.05, 0) is 38.0 Å². The van der Waals surface area contributed by atoms with Crippen LogP contribution in [0.1, 0.15) is 32.4 Å².